The van der Waals surface area contributed by atoms with E-state index in [0.29, 0.717) is 18.1 Å². The quantitative estimate of drug-likeness (QED) is 0.766. The third-order valence-electron chi connectivity index (χ3n) is 4.21. The second kappa shape index (κ2) is 5.90. The van der Waals surface area contributed by atoms with Gasteiger partial charge in [-0.2, -0.15) is 0 Å². The second-order valence-electron chi connectivity index (χ2n) is 7.02. The molecule has 1 aromatic rings. The molecule has 1 aromatic carbocycles. The van der Waals surface area contributed by atoms with Gasteiger partial charge >= 0.3 is 0 Å². The number of carbonyl (C=O) groups is 1. The zero-order valence-corrected chi connectivity index (χ0v) is 12.5. The first-order chi connectivity index (χ1) is 8.95. The summed E-state index contributed by atoms with van der Waals surface area (Å²) in [6.07, 6.45) is 6.56. The molecule has 0 saturated heterocycles. The Morgan fingerprint density at radius 3 is 2.21 bits per heavy atom. The summed E-state index contributed by atoms with van der Waals surface area (Å²) in [4.78, 5) is 12.1. The van der Waals surface area contributed by atoms with Crippen molar-refractivity contribution in [3.8, 4) is 0 Å². The van der Waals surface area contributed by atoms with Crippen molar-refractivity contribution in [3.05, 3.63) is 35.4 Å². The molecule has 1 saturated carbocycles. The highest BCUT2D eigenvalue weighted by Crippen LogP contribution is 2.28. The monoisotopic (exact) mass is 258 g/mol. The van der Waals surface area contributed by atoms with Gasteiger partial charge in [0, 0.05) is 12.8 Å². The van der Waals surface area contributed by atoms with Crippen LogP contribution in [0.3, 0.4) is 0 Å². The van der Waals surface area contributed by atoms with E-state index in [1.54, 1.807) is 0 Å². The number of hydrogen-bond donors (Lipinski definition) is 0. The van der Waals surface area contributed by atoms with Crippen LogP contribution in [0.1, 0.15) is 64.0 Å². The summed E-state index contributed by atoms with van der Waals surface area (Å²) in [6, 6.07) is 8.57. The second-order valence-corrected chi connectivity index (χ2v) is 7.02. The summed E-state index contributed by atoms with van der Waals surface area (Å²) >= 11 is 0. The molecule has 0 aromatic heterocycles. The molecule has 0 aliphatic heterocycles. The molecular formula is C18H26O. The standard InChI is InChI=1S/C18H26O/c1-18(2,3)16-10-8-15(9-11-16)13-17(19)12-14-6-4-5-7-14/h8-11,14H,4-7,12-13H2,1-3H3. The van der Waals surface area contributed by atoms with E-state index in [1.165, 1.54) is 31.2 Å². The third-order valence-corrected chi connectivity index (χ3v) is 4.21. The maximum atomic E-state index is 12.1. The fraction of sp³-hybridized carbons (Fsp3) is 0.611. The van der Waals surface area contributed by atoms with Gasteiger partial charge in [-0.05, 0) is 22.5 Å². The smallest absolute Gasteiger partial charge is 0.137 e. The minimum Gasteiger partial charge on any atom is -0.299 e. The average Bonchev–Trinajstić information content (AvgIpc) is 2.81. The van der Waals surface area contributed by atoms with Crippen LogP contribution < -0.4 is 0 Å². The summed E-state index contributed by atoms with van der Waals surface area (Å²) in [7, 11) is 0. The average molecular weight is 258 g/mol. The van der Waals surface area contributed by atoms with Crippen LogP contribution in [0.4, 0.5) is 0 Å². The highest BCUT2D eigenvalue weighted by Gasteiger charge is 2.18. The third kappa shape index (κ3) is 4.19. The lowest BCUT2D eigenvalue weighted by Gasteiger charge is -2.19. The molecule has 1 nitrogen and oxygen atoms in total. The predicted octanol–water partition coefficient (Wildman–Crippen LogP) is 4.68. The van der Waals surface area contributed by atoms with Gasteiger partial charge in [0.1, 0.15) is 5.78 Å². The van der Waals surface area contributed by atoms with Crippen LogP contribution in [0.5, 0.6) is 0 Å². The maximum Gasteiger partial charge on any atom is 0.137 e. The molecule has 0 amide bonds. The molecule has 0 heterocycles. The first-order valence-corrected chi connectivity index (χ1v) is 7.56. The van der Waals surface area contributed by atoms with Gasteiger partial charge in [0.15, 0.2) is 0 Å². The molecule has 0 N–H and O–H groups in total. The number of hydrogen-bond acceptors (Lipinski definition) is 1. The molecular weight excluding hydrogens is 232 g/mol. The fourth-order valence-corrected chi connectivity index (χ4v) is 2.96. The van der Waals surface area contributed by atoms with Gasteiger partial charge in [-0.15, -0.1) is 0 Å². The highest BCUT2D eigenvalue weighted by molar-refractivity contribution is 5.81. The van der Waals surface area contributed by atoms with Crippen LogP contribution in [-0.2, 0) is 16.6 Å². The fourth-order valence-electron chi connectivity index (χ4n) is 2.96. The van der Waals surface area contributed by atoms with Gasteiger partial charge < -0.3 is 0 Å². The lowest BCUT2D eigenvalue weighted by Crippen LogP contribution is -2.11. The van der Waals surface area contributed by atoms with E-state index in [9.17, 15) is 4.79 Å². The van der Waals surface area contributed by atoms with Crippen LogP contribution >= 0.6 is 0 Å². The minimum atomic E-state index is 0.187. The van der Waals surface area contributed by atoms with Crippen molar-refractivity contribution in [2.45, 2.75) is 64.7 Å². The van der Waals surface area contributed by atoms with Crippen LogP contribution in [0, 0.1) is 5.92 Å². The van der Waals surface area contributed by atoms with Gasteiger partial charge in [0.25, 0.3) is 0 Å². The first-order valence-electron chi connectivity index (χ1n) is 7.56. The zero-order chi connectivity index (χ0) is 13.9. The molecule has 1 fully saturated rings. The topological polar surface area (TPSA) is 17.1 Å². The van der Waals surface area contributed by atoms with Crippen molar-refractivity contribution in [1.82, 2.24) is 0 Å². The van der Waals surface area contributed by atoms with E-state index in [1.807, 2.05) is 0 Å². The minimum absolute atomic E-state index is 0.187. The molecule has 1 aliphatic carbocycles. The number of ketones is 1. The molecule has 1 heteroatoms. The Morgan fingerprint density at radius 1 is 1.11 bits per heavy atom. The van der Waals surface area contributed by atoms with Gasteiger partial charge in [0.05, 0.1) is 0 Å². The van der Waals surface area contributed by atoms with Crippen LogP contribution in [0.2, 0.25) is 0 Å². The molecule has 0 atom stereocenters. The van der Waals surface area contributed by atoms with Gasteiger partial charge in [0.2, 0.25) is 0 Å². The highest BCUT2D eigenvalue weighted by atomic mass is 16.1. The molecule has 2 rings (SSSR count). The van der Waals surface area contributed by atoms with Crippen LogP contribution in [0.25, 0.3) is 0 Å². The van der Waals surface area contributed by atoms with Gasteiger partial charge in [-0.1, -0.05) is 70.7 Å². The van der Waals surface area contributed by atoms with Crippen molar-refractivity contribution in [3.63, 3.8) is 0 Å². The maximum absolute atomic E-state index is 12.1. The van der Waals surface area contributed by atoms with Crippen LogP contribution in [0.15, 0.2) is 24.3 Å². The van der Waals surface area contributed by atoms with E-state index in [-0.39, 0.29) is 5.41 Å². The summed E-state index contributed by atoms with van der Waals surface area (Å²) in [6.45, 7) is 6.65. The summed E-state index contributed by atoms with van der Waals surface area (Å²) in [5.41, 5.74) is 2.68. The van der Waals surface area contributed by atoms with Crippen molar-refractivity contribution in [2.75, 3.05) is 0 Å². The van der Waals surface area contributed by atoms with E-state index in [4.69, 9.17) is 0 Å². The van der Waals surface area contributed by atoms with Crippen molar-refractivity contribution in [2.24, 2.45) is 5.92 Å². The largest absolute Gasteiger partial charge is 0.299 e. The molecule has 1 aliphatic rings. The normalized spacial score (nSPS) is 16.8. The zero-order valence-electron chi connectivity index (χ0n) is 12.5. The first kappa shape index (κ1) is 14.3. The number of Topliss-reactive ketones (excluding diaryl/α,β-unsaturated/α-hetero) is 1. The lowest BCUT2D eigenvalue weighted by atomic mass is 9.86. The van der Waals surface area contributed by atoms with E-state index >= 15 is 0 Å². The summed E-state index contributed by atoms with van der Waals surface area (Å²) in [5.74, 6) is 1.08. The lowest BCUT2D eigenvalue weighted by molar-refractivity contribution is -0.119. The Balaban J connectivity index is 1.90. The Bertz CT molecular complexity index is 416. The van der Waals surface area contributed by atoms with Crippen LogP contribution in [-0.4, -0.2) is 5.78 Å². The number of benzene rings is 1. The molecule has 0 bridgehead atoms. The molecule has 0 spiro atoms. The number of carbonyl (C=O) groups excluding carboxylic acids is 1. The molecule has 19 heavy (non-hydrogen) atoms. The Hall–Kier alpha value is -1.11. The van der Waals surface area contributed by atoms with E-state index in [2.05, 4.69) is 45.0 Å². The van der Waals surface area contributed by atoms with E-state index in [0.717, 1.165) is 12.0 Å². The predicted molar refractivity (Wildman–Crippen MR) is 80.4 cm³/mol. The van der Waals surface area contributed by atoms with Crippen molar-refractivity contribution >= 4 is 5.78 Å². The van der Waals surface area contributed by atoms with Crippen molar-refractivity contribution in [1.29, 1.82) is 0 Å². The summed E-state index contributed by atoms with van der Waals surface area (Å²) < 4.78 is 0. The molecule has 104 valence electrons. The Labute approximate surface area is 117 Å². The Morgan fingerprint density at radius 2 is 1.68 bits per heavy atom. The SMILES string of the molecule is CC(C)(C)c1ccc(CC(=O)CC2CCCC2)cc1. The summed E-state index contributed by atoms with van der Waals surface area (Å²) in [5, 5.41) is 0. The molecule has 0 unspecified atom stereocenters. The van der Waals surface area contributed by atoms with E-state index < -0.39 is 0 Å². The molecule has 0 radical (unpaired) electrons. The van der Waals surface area contributed by atoms with Gasteiger partial charge in [-0.3, -0.25) is 4.79 Å². The van der Waals surface area contributed by atoms with Crippen molar-refractivity contribution < 1.29 is 4.79 Å². The number of rotatable bonds is 4. The van der Waals surface area contributed by atoms with Gasteiger partial charge in [-0.25, -0.2) is 0 Å². The Kier molecular flexibility index (Phi) is 4.44.